The molecule has 2 heterocycles. The van der Waals surface area contributed by atoms with Gasteiger partial charge in [0.05, 0.1) is 3.79 Å². The molecule has 0 aliphatic carbocycles. The van der Waals surface area contributed by atoms with E-state index in [0.29, 0.717) is 11.9 Å². The molecule has 0 unspecified atom stereocenters. The van der Waals surface area contributed by atoms with Crippen molar-refractivity contribution >= 4 is 44.9 Å². The van der Waals surface area contributed by atoms with Crippen molar-refractivity contribution in [3.05, 3.63) is 26.7 Å². The van der Waals surface area contributed by atoms with E-state index in [1.54, 1.807) is 11.3 Å². The molecule has 86 valence electrons. The Balaban J connectivity index is 1.79. The van der Waals surface area contributed by atoms with E-state index in [2.05, 4.69) is 37.5 Å². The molecule has 2 rings (SSSR count). The van der Waals surface area contributed by atoms with Crippen molar-refractivity contribution in [2.45, 2.75) is 12.3 Å². The van der Waals surface area contributed by atoms with Crippen LogP contribution in [0.5, 0.6) is 0 Å². The van der Waals surface area contributed by atoms with Crippen LogP contribution >= 0.6 is 38.9 Å². The first-order valence-corrected chi connectivity index (χ1v) is 6.79. The number of aromatic nitrogens is 2. The summed E-state index contributed by atoms with van der Waals surface area (Å²) < 4.78 is 6.35. The highest BCUT2D eigenvalue weighted by molar-refractivity contribution is 9.11. The molecule has 16 heavy (non-hydrogen) atoms. The van der Waals surface area contributed by atoms with Gasteiger partial charge in [0.1, 0.15) is 5.88 Å². The smallest absolute Gasteiger partial charge is 0.315 e. The summed E-state index contributed by atoms with van der Waals surface area (Å²) in [5.74, 6) is 0.676. The standard InChI is InChI=1S/C9H9BrClN3OS/c10-7-2-1-6(16-7)3-4-12-9-14-13-8(5-11)15-9/h1-2H,3-5H2,(H,12,14). The van der Waals surface area contributed by atoms with Crippen LogP contribution in [-0.4, -0.2) is 16.7 Å². The van der Waals surface area contributed by atoms with Crippen molar-refractivity contribution in [3.63, 3.8) is 0 Å². The summed E-state index contributed by atoms with van der Waals surface area (Å²) >= 11 is 10.7. The highest BCUT2D eigenvalue weighted by Crippen LogP contribution is 2.22. The van der Waals surface area contributed by atoms with Gasteiger partial charge < -0.3 is 9.73 Å². The van der Waals surface area contributed by atoms with E-state index in [1.165, 1.54) is 4.88 Å². The first-order chi connectivity index (χ1) is 7.78. The molecule has 4 nitrogen and oxygen atoms in total. The normalized spacial score (nSPS) is 10.6. The number of nitrogens with one attached hydrogen (secondary N) is 1. The van der Waals surface area contributed by atoms with Crippen molar-refractivity contribution in [1.29, 1.82) is 0 Å². The van der Waals surface area contributed by atoms with Crippen LogP contribution in [0.3, 0.4) is 0 Å². The third-order valence-corrected chi connectivity index (χ3v) is 3.77. The second-order valence-corrected chi connectivity index (χ2v) is 5.83. The fraction of sp³-hybridized carbons (Fsp3) is 0.333. The van der Waals surface area contributed by atoms with Crippen LogP contribution in [0, 0.1) is 0 Å². The molecule has 0 atom stereocenters. The molecule has 1 N–H and O–H groups in total. The van der Waals surface area contributed by atoms with Crippen LogP contribution in [0.2, 0.25) is 0 Å². The SMILES string of the molecule is ClCc1nnc(NCCc2ccc(Br)s2)o1. The molecular weight excluding hydrogens is 314 g/mol. The van der Waals surface area contributed by atoms with Crippen molar-refractivity contribution in [3.8, 4) is 0 Å². The lowest BCUT2D eigenvalue weighted by Crippen LogP contribution is -2.03. The summed E-state index contributed by atoms with van der Waals surface area (Å²) in [7, 11) is 0. The predicted molar refractivity (Wildman–Crippen MR) is 68.1 cm³/mol. The average Bonchev–Trinajstić information content (AvgIpc) is 2.88. The lowest BCUT2D eigenvalue weighted by atomic mass is 10.3. The molecule has 0 saturated carbocycles. The molecule has 0 saturated heterocycles. The van der Waals surface area contributed by atoms with Crippen LogP contribution in [0.25, 0.3) is 0 Å². The summed E-state index contributed by atoms with van der Waals surface area (Å²) in [5.41, 5.74) is 0. The Labute approximate surface area is 110 Å². The maximum Gasteiger partial charge on any atom is 0.315 e. The molecule has 0 spiro atoms. The summed E-state index contributed by atoms with van der Waals surface area (Å²) in [5, 5.41) is 10.6. The van der Waals surface area contributed by atoms with E-state index in [0.717, 1.165) is 16.8 Å². The molecule has 0 amide bonds. The second kappa shape index (κ2) is 5.65. The van der Waals surface area contributed by atoms with Gasteiger partial charge in [-0.25, -0.2) is 0 Å². The van der Waals surface area contributed by atoms with Crippen molar-refractivity contribution in [2.75, 3.05) is 11.9 Å². The molecule has 0 bridgehead atoms. The maximum absolute atomic E-state index is 5.55. The van der Waals surface area contributed by atoms with Crippen LogP contribution < -0.4 is 5.32 Å². The zero-order valence-corrected chi connectivity index (χ0v) is 11.4. The Morgan fingerprint density at radius 3 is 2.94 bits per heavy atom. The first-order valence-electron chi connectivity index (χ1n) is 4.64. The van der Waals surface area contributed by atoms with Crippen molar-refractivity contribution in [1.82, 2.24) is 10.2 Å². The molecule has 0 aliphatic heterocycles. The van der Waals surface area contributed by atoms with Crippen molar-refractivity contribution < 1.29 is 4.42 Å². The summed E-state index contributed by atoms with van der Waals surface area (Å²) in [4.78, 5) is 1.30. The van der Waals surface area contributed by atoms with Gasteiger partial charge in [0.15, 0.2) is 0 Å². The summed E-state index contributed by atoms with van der Waals surface area (Å²) in [6.45, 7) is 0.761. The Morgan fingerprint density at radius 1 is 1.44 bits per heavy atom. The number of halogens is 2. The van der Waals surface area contributed by atoms with Gasteiger partial charge in [-0.05, 0) is 34.5 Å². The highest BCUT2D eigenvalue weighted by atomic mass is 79.9. The maximum atomic E-state index is 5.55. The number of thiophene rings is 1. The van der Waals surface area contributed by atoms with E-state index in [4.69, 9.17) is 16.0 Å². The number of hydrogen-bond donors (Lipinski definition) is 1. The zero-order valence-electron chi connectivity index (χ0n) is 8.24. The number of nitrogens with zero attached hydrogens (tertiary/aromatic N) is 2. The fourth-order valence-electron chi connectivity index (χ4n) is 1.16. The fourth-order valence-corrected chi connectivity index (χ4v) is 2.75. The average molecular weight is 323 g/mol. The monoisotopic (exact) mass is 321 g/mol. The van der Waals surface area contributed by atoms with Crippen molar-refractivity contribution in [2.24, 2.45) is 0 Å². The van der Waals surface area contributed by atoms with E-state index in [-0.39, 0.29) is 5.88 Å². The Morgan fingerprint density at radius 2 is 2.31 bits per heavy atom. The zero-order chi connectivity index (χ0) is 11.4. The van der Waals surface area contributed by atoms with Gasteiger partial charge in [-0.3, -0.25) is 0 Å². The summed E-state index contributed by atoms with van der Waals surface area (Å²) in [6, 6.07) is 4.55. The van der Waals surface area contributed by atoms with Gasteiger partial charge in [0, 0.05) is 11.4 Å². The van der Waals surface area contributed by atoms with Gasteiger partial charge in [-0.2, -0.15) is 0 Å². The predicted octanol–water partition coefficient (Wildman–Crippen LogP) is 3.29. The third kappa shape index (κ3) is 3.20. The molecule has 0 aromatic carbocycles. The first kappa shape index (κ1) is 11.9. The Kier molecular flexibility index (Phi) is 4.20. The van der Waals surface area contributed by atoms with Gasteiger partial charge in [-0.1, -0.05) is 5.10 Å². The largest absolute Gasteiger partial charge is 0.407 e. The number of hydrogen-bond acceptors (Lipinski definition) is 5. The van der Waals surface area contributed by atoms with Crippen LogP contribution in [-0.2, 0) is 12.3 Å². The lowest BCUT2D eigenvalue weighted by molar-refractivity contribution is 0.525. The van der Waals surface area contributed by atoms with E-state index in [1.807, 2.05) is 6.07 Å². The topological polar surface area (TPSA) is 51.0 Å². The molecule has 0 fully saturated rings. The number of rotatable bonds is 5. The van der Waals surface area contributed by atoms with E-state index in [9.17, 15) is 0 Å². The van der Waals surface area contributed by atoms with Gasteiger partial charge >= 0.3 is 6.01 Å². The second-order valence-electron chi connectivity index (χ2n) is 3.02. The molecule has 2 aromatic heterocycles. The molecule has 0 radical (unpaired) electrons. The minimum absolute atomic E-state index is 0.243. The Bertz CT molecular complexity index is 459. The molecular formula is C9H9BrClN3OS. The van der Waals surface area contributed by atoms with Gasteiger partial charge in [0.2, 0.25) is 5.89 Å². The number of anilines is 1. The molecule has 2 aromatic rings. The van der Waals surface area contributed by atoms with Crippen LogP contribution in [0.1, 0.15) is 10.8 Å². The number of alkyl halides is 1. The van der Waals surface area contributed by atoms with Gasteiger partial charge in [0.25, 0.3) is 0 Å². The highest BCUT2D eigenvalue weighted by Gasteiger charge is 2.04. The minimum Gasteiger partial charge on any atom is -0.407 e. The minimum atomic E-state index is 0.243. The van der Waals surface area contributed by atoms with Gasteiger partial charge in [-0.15, -0.1) is 28.0 Å². The molecule has 0 aliphatic rings. The third-order valence-electron chi connectivity index (χ3n) is 1.86. The lowest BCUT2D eigenvalue weighted by Gasteiger charge is -1.98. The Hall–Kier alpha value is -0.590. The van der Waals surface area contributed by atoms with E-state index < -0.39 is 0 Å². The van der Waals surface area contributed by atoms with Crippen LogP contribution in [0.4, 0.5) is 6.01 Å². The molecule has 7 heteroatoms. The van der Waals surface area contributed by atoms with E-state index >= 15 is 0 Å². The summed E-state index contributed by atoms with van der Waals surface area (Å²) in [6.07, 6.45) is 0.925. The quantitative estimate of drug-likeness (QED) is 0.858. The van der Waals surface area contributed by atoms with Crippen LogP contribution in [0.15, 0.2) is 20.3 Å².